The van der Waals surface area contributed by atoms with Crippen LogP contribution in [-0.4, -0.2) is 66.7 Å². The highest BCUT2D eigenvalue weighted by Crippen LogP contribution is 2.25. The third-order valence-electron chi connectivity index (χ3n) is 5.04. The van der Waals surface area contributed by atoms with E-state index < -0.39 is 0 Å². The predicted octanol–water partition coefficient (Wildman–Crippen LogP) is 2.21. The third-order valence-corrected chi connectivity index (χ3v) is 5.04. The molecule has 0 amide bonds. The summed E-state index contributed by atoms with van der Waals surface area (Å²) in [6.07, 6.45) is 0.571. The molecule has 0 bridgehead atoms. The summed E-state index contributed by atoms with van der Waals surface area (Å²) in [4.78, 5) is 14.7. The molecule has 28 heavy (non-hydrogen) atoms. The molecule has 3 rings (SSSR count). The van der Waals surface area contributed by atoms with Gasteiger partial charge in [-0.25, -0.2) is 4.79 Å². The maximum Gasteiger partial charge on any atom is 0.359 e. The molecule has 0 spiro atoms. The molecule has 0 radical (unpaired) electrons. The molecule has 2 aromatic rings. The van der Waals surface area contributed by atoms with Gasteiger partial charge in [0, 0.05) is 44.4 Å². The van der Waals surface area contributed by atoms with Gasteiger partial charge in [-0.1, -0.05) is 18.2 Å². The first-order valence-corrected chi connectivity index (χ1v) is 9.80. The highest BCUT2D eigenvalue weighted by Gasteiger charge is 2.22. The van der Waals surface area contributed by atoms with Crippen LogP contribution in [0.4, 0.5) is 0 Å². The van der Waals surface area contributed by atoms with Gasteiger partial charge >= 0.3 is 5.97 Å². The zero-order valence-corrected chi connectivity index (χ0v) is 16.9. The van der Waals surface area contributed by atoms with E-state index in [4.69, 9.17) is 14.2 Å². The predicted molar refractivity (Wildman–Crippen MR) is 106 cm³/mol. The molecule has 1 aromatic heterocycles. The molecule has 1 fully saturated rings. The summed E-state index contributed by atoms with van der Waals surface area (Å²) >= 11 is 0. The van der Waals surface area contributed by atoms with E-state index >= 15 is 0 Å². The zero-order chi connectivity index (χ0) is 19.9. The maximum absolute atomic E-state index is 12.3. The third kappa shape index (κ3) is 4.91. The Morgan fingerprint density at radius 2 is 2.00 bits per heavy atom. The van der Waals surface area contributed by atoms with Crippen molar-refractivity contribution in [2.45, 2.75) is 20.3 Å². The van der Waals surface area contributed by atoms with Crippen LogP contribution in [-0.2, 0) is 22.9 Å². The number of morpholine rings is 1. The highest BCUT2D eigenvalue weighted by molar-refractivity contribution is 5.89. The van der Waals surface area contributed by atoms with E-state index in [0.717, 1.165) is 55.4 Å². The Bertz CT molecular complexity index is 797. The first-order valence-electron chi connectivity index (χ1n) is 9.80. The average molecular weight is 387 g/mol. The van der Waals surface area contributed by atoms with Gasteiger partial charge in [0.25, 0.3) is 0 Å². The highest BCUT2D eigenvalue weighted by atomic mass is 16.5. The lowest BCUT2D eigenvalue weighted by Crippen LogP contribution is -2.38. The number of aromatic nitrogens is 2. The topological polar surface area (TPSA) is 65.8 Å². The standard InChI is InChI=1S/C21H29N3O4/c1-4-27-21(25)20-18(16(2)23(3)22-20)15-17-7-5-6-8-19(17)28-14-11-24-9-12-26-13-10-24/h5-8H,4,9-15H2,1-3H3. The molecule has 0 saturated carbocycles. The smallest absolute Gasteiger partial charge is 0.359 e. The van der Waals surface area contributed by atoms with Gasteiger partial charge in [0.15, 0.2) is 5.69 Å². The molecule has 7 nitrogen and oxygen atoms in total. The number of hydrogen-bond acceptors (Lipinski definition) is 6. The Labute approximate surface area is 166 Å². The average Bonchev–Trinajstić information content (AvgIpc) is 2.99. The van der Waals surface area contributed by atoms with Crippen LogP contribution in [0.15, 0.2) is 24.3 Å². The molecule has 0 N–H and O–H groups in total. The fourth-order valence-corrected chi connectivity index (χ4v) is 3.32. The molecular weight excluding hydrogens is 358 g/mol. The molecule has 0 aliphatic carbocycles. The van der Waals surface area contributed by atoms with Crippen LogP contribution in [0.3, 0.4) is 0 Å². The van der Waals surface area contributed by atoms with Crippen molar-refractivity contribution in [3.05, 3.63) is 46.8 Å². The van der Waals surface area contributed by atoms with E-state index in [1.54, 1.807) is 11.6 Å². The van der Waals surface area contributed by atoms with E-state index in [-0.39, 0.29) is 5.97 Å². The van der Waals surface area contributed by atoms with Gasteiger partial charge < -0.3 is 14.2 Å². The summed E-state index contributed by atoms with van der Waals surface area (Å²) in [5.74, 6) is 0.459. The number of hydrogen-bond donors (Lipinski definition) is 0. The quantitative estimate of drug-likeness (QED) is 0.647. The van der Waals surface area contributed by atoms with Gasteiger partial charge in [-0.2, -0.15) is 5.10 Å². The minimum atomic E-state index is -0.382. The van der Waals surface area contributed by atoms with Gasteiger partial charge in [-0.3, -0.25) is 9.58 Å². The number of aryl methyl sites for hydroxylation is 1. The number of benzene rings is 1. The van der Waals surface area contributed by atoms with Crippen LogP contribution in [0.5, 0.6) is 5.75 Å². The van der Waals surface area contributed by atoms with Crippen LogP contribution >= 0.6 is 0 Å². The van der Waals surface area contributed by atoms with Gasteiger partial charge in [0.1, 0.15) is 12.4 Å². The van der Waals surface area contributed by atoms with Crippen LogP contribution in [0.25, 0.3) is 0 Å². The summed E-state index contributed by atoms with van der Waals surface area (Å²) in [5.41, 5.74) is 3.24. The van der Waals surface area contributed by atoms with Gasteiger partial charge in [-0.15, -0.1) is 0 Å². The molecule has 1 aliphatic heterocycles. The Morgan fingerprint density at radius 1 is 1.25 bits per heavy atom. The van der Waals surface area contributed by atoms with Crippen molar-refractivity contribution in [3.63, 3.8) is 0 Å². The van der Waals surface area contributed by atoms with Gasteiger partial charge in [0.2, 0.25) is 0 Å². The first kappa shape index (κ1) is 20.4. The molecule has 0 unspecified atom stereocenters. The number of para-hydroxylation sites is 1. The fraction of sp³-hybridized carbons (Fsp3) is 0.524. The van der Waals surface area contributed by atoms with E-state index in [0.29, 0.717) is 25.3 Å². The van der Waals surface area contributed by atoms with Crippen molar-refractivity contribution in [1.29, 1.82) is 0 Å². The van der Waals surface area contributed by atoms with Crippen molar-refractivity contribution in [3.8, 4) is 5.75 Å². The number of ether oxygens (including phenoxy) is 3. The lowest BCUT2D eigenvalue weighted by molar-refractivity contribution is 0.0322. The lowest BCUT2D eigenvalue weighted by atomic mass is 10.0. The molecule has 1 aliphatic rings. The zero-order valence-electron chi connectivity index (χ0n) is 16.9. The van der Waals surface area contributed by atoms with Crippen LogP contribution < -0.4 is 4.74 Å². The summed E-state index contributed by atoms with van der Waals surface area (Å²) in [6.45, 7) is 9.05. The summed E-state index contributed by atoms with van der Waals surface area (Å²) < 4.78 is 18.4. The van der Waals surface area contributed by atoms with E-state index in [1.807, 2.05) is 38.2 Å². The first-order chi connectivity index (χ1) is 13.6. The van der Waals surface area contributed by atoms with Crippen molar-refractivity contribution < 1.29 is 19.0 Å². The second-order valence-electron chi connectivity index (χ2n) is 6.84. The molecule has 1 saturated heterocycles. The number of carbonyl (C=O) groups excluding carboxylic acids is 1. The molecular formula is C21H29N3O4. The summed E-state index contributed by atoms with van der Waals surface area (Å²) in [7, 11) is 1.84. The van der Waals surface area contributed by atoms with E-state index in [1.165, 1.54) is 0 Å². The van der Waals surface area contributed by atoms with Crippen molar-refractivity contribution in [2.24, 2.45) is 7.05 Å². The maximum atomic E-state index is 12.3. The number of esters is 1. The molecule has 7 heteroatoms. The van der Waals surface area contributed by atoms with Gasteiger partial charge in [-0.05, 0) is 25.5 Å². The summed E-state index contributed by atoms with van der Waals surface area (Å²) in [5, 5.41) is 4.36. The second kappa shape index (κ2) is 9.71. The van der Waals surface area contributed by atoms with E-state index in [9.17, 15) is 4.79 Å². The number of nitrogens with zero attached hydrogens (tertiary/aromatic N) is 3. The fourth-order valence-electron chi connectivity index (χ4n) is 3.32. The molecule has 0 atom stereocenters. The molecule has 2 heterocycles. The Hall–Kier alpha value is -2.38. The van der Waals surface area contributed by atoms with Gasteiger partial charge in [0.05, 0.1) is 19.8 Å². The molecule has 152 valence electrons. The van der Waals surface area contributed by atoms with Crippen LogP contribution in [0.1, 0.15) is 34.2 Å². The van der Waals surface area contributed by atoms with Crippen molar-refractivity contribution in [2.75, 3.05) is 46.1 Å². The van der Waals surface area contributed by atoms with Crippen molar-refractivity contribution >= 4 is 5.97 Å². The number of rotatable bonds is 8. The minimum Gasteiger partial charge on any atom is -0.492 e. The SMILES string of the molecule is CCOC(=O)c1nn(C)c(C)c1Cc1ccccc1OCCN1CCOCC1. The van der Waals surface area contributed by atoms with Crippen LogP contribution in [0.2, 0.25) is 0 Å². The van der Waals surface area contributed by atoms with Crippen LogP contribution in [0, 0.1) is 6.92 Å². The van der Waals surface area contributed by atoms with E-state index in [2.05, 4.69) is 10.00 Å². The number of carbonyl (C=O) groups is 1. The Balaban J connectivity index is 1.72. The normalized spacial score (nSPS) is 14.8. The molecule has 1 aromatic carbocycles. The monoisotopic (exact) mass is 387 g/mol. The Morgan fingerprint density at radius 3 is 2.75 bits per heavy atom. The second-order valence-corrected chi connectivity index (χ2v) is 6.84. The summed E-state index contributed by atoms with van der Waals surface area (Å²) in [6, 6.07) is 7.96. The lowest BCUT2D eigenvalue weighted by Gasteiger charge is -2.26. The minimum absolute atomic E-state index is 0.329. The van der Waals surface area contributed by atoms with Crippen molar-refractivity contribution in [1.82, 2.24) is 14.7 Å². The largest absolute Gasteiger partial charge is 0.492 e. The Kier molecular flexibility index (Phi) is 7.06.